The fraction of sp³-hybridized carbons (Fsp3) is 0.733. The van der Waals surface area contributed by atoms with Gasteiger partial charge in [0.2, 0.25) is 0 Å². The smallest absolute Gasteiger partial charge is 0.129 e. The predicted octanol–water partition coefficient (Wildman–Crippen LogP) is 2.86. The highest BCUT2D eigenvalue weighted by atomic mass is 16.5. The molecule has 108 valence electrons. The standard InChI is InChI=1S/C15H25NO3/c1-2-8-16-10-13-6-7-15(19-13)12-17-11-14-5-3-4-9-18-14/h6-7,14,16H,2-5,8-12H2,1H3. The lowest BCUT2D eigenvalue weighted by atomic mass is 10.1. The van der Waals surface area contributed by atoms with E-state index < -0.39 is 0 Å². The highest BCUT2D eigenvalue weighted by molar-refractivity contribution is 5.06. The Bertz CT molecular complexity index is 345. The van der Waals surface area contributed by atoms with Crippen molar-refractivity contribution in [1.82, 2.24) is 5.32 Å². The van der Waals surface area contributed by atoms with Crippen LogP contribution in [-0.2, 0) is 22.6 Å². The van der Waals surface area contributed by atoms with Gasteiger partial charge in [0.15, 0.2) is 0 Å². The van der Waals surface area contributed by atoms with Crippen molar-refractivity contribution in [3.8, 4) is 0 Å². The third-order valence-electron chi connectivity index (χ3n) is 3.27. The minimum absolute atomic E-state index is 0.273. The quantitative estimate of drug-likeness (QED) is 0.736. The molecule has 1 atom stereocenters. The van der Waals surface area contributed by atoms with E-state index in [1.807, 2.05) is 12.1 Å². The third-order valence-corrected chi connectivity index (χ3v) is 3.27. The van der Waals surface area contributed by atoms with Gasteiger partial charge in [0.05, 0.1) is 19.3 Å². The largest absolute Gasteiger partial charge is 0.462 e. The monoisotopic (exact) mass is 267 g/mol. The lowest BCUT2D eigenvalue weighted by molar-refractivity contribution is -0.0473. The molecular formula is C15H25NO3. The molecule has 1 aromatic heterocycles. The zero-order chi connectivity index (χ0) is 13.3. The van der Waals surface area contributed by atoms with Crippen molar-refractivity contribution in [1.29, 1.82) is 0 Å². The van der Waals surface area contributed by atoms with Crippen molar-refractivity contribution in [3.05, 3.63) is 23.7 Å². The molecule has 2 rings (SSSR count). The van der Waals surface area contributed by atoms with E-state index in [9.17, 15) is 0 Å². The number of nitrogens with one attached hydrogen (secondary N) is 1. The Labute approximate surface area is 115 Å². The van der Waals surface area contributed by atoms with E-state index >= 15 is 0 Å². The molecule has 1 N–H and O–H groups in total. The van der Waals surface area contributed by atoms with Gasteiger partial charge in [0.1, 0.15) is 18.1 Å². The fourth-order valence-electron chi connectivity index (χ4n) is 2.21. The van der Waals surface area contributed by atoms with Crippen molar-refractivity contribution >= 4 is 0 Å². The van der Waals surface area contributed by atoms with E-state index in [1.54, 1.807) is 0 Å². The second-order valence-electron chi connectivity index (χ2n) is 5.05. The van der Waals surface area contributed by atoms with E-state index in [2.05, 4.69) is 12.2 Å². The molecule has 0 aromatic carbocycles. The van der Waals surface area contributed by atoms with E-state index in [4.69, 9.17) is 13.9 Å². The van der Waals surface area contributed by atoms with Crippen LogP contribution in [-0.4, -0.2) is 25.9 Å². The molecule has 19 heavy (non-hydrogen) atoms. The van der Waals surface area contributed by atoms with Crippen molar-refractivity contribution in [2.24, 2.45) is 0 Å². The first-order chi connectivity index (χ1) is 9.38. The summed E-state index contributed by atoms with van der Waals surface area (Å²) >= 11 is 0. The van der Waals surface area contributed by atoms with E-state index in [-0.39, 0.29) is 6.10 Å². The van der Waals surface area contributed by atoms with Crippen LogP contribution >= 0.6 is 0 Å². The molecule has 4 nitrogen and oxygen atoms in total. The lowest BCUT2D eigenvalue weighted by Gasteiger charge is -2.22. The van der Waals surface area contributed by atoms with Crippen LogP contribution in [0.5, 0.6) is 0 Å². The maximum atomic E-state index is 5.69. The molecule has 0 amide bonds. The number of ether oxygens (including phenoxy) is 2. The summed E-state index contributed by atoms with van der Waals surface area (Å²) in [5.74, 6) is 1.87. The summed E-state index contributed by atoms with van der Waals surface area (Å²) in [6, 6.07) is 4.00. The lowest BCUT2D eigenvalue weighted by Crippen LogP contribution is -2.24. The number of hydrogen-bond acceptors (Lipinski definition) is 4. The van der Waals surface area contributed by atoms with Crippen LogP contribution in [0, 0.1) is 0 Å². The molecule has 0 spiro atoms. The van der Waals surface area contributed by atoms with E-state index in [1.165, 1.54) is 12.8 Å². The third kappa shape index (κ3) is 5.35. The summed E-state index contributed by atoms with van der Waals surface area (Å²) in [6.07, 6.45) is 4.96. The number of hydrogen-bond donors (Lipinski definition) is 1. The molecule has 1 fully saturated rings. The van der Waals surface area contributed by atoms with Crippen LogP contribution in [0.3, 0.4) is 0 Å². The van der Waals surface area contributed by atoms with Crippen LogP contribution in [0.15, 0.2) is 16.5 Å². The van der Waals surface area contributed by atoms with Gasteiger partial charge in [-0.3, -0.25) is 0 Å². The second kappa shape index (κ2) is 8.35. The minimum Gasteiger partial charge on any atom is -0.462 e. The van der Waals surface area contributed by atoms with Gasteiger partial charge < -0.3 is 19.2 Å². The van der Waals surface area contributed by atoms with Crippen LogP contribution in [0.4, 0.5) is 0 Å². The molecule has 1 unspecified atom stereocenters. The normalized spacial score (nSPS) is 19.7. The van der Waals surface area contributed by atoms with Gasteiger partial charge >= 0.3 is 0 Å². The first kappa shape index (κ1) is 14.6. The number of rotatable bonds is 8. The molecule has 1 aromatic rings. The highest BCUT2D eigenvalue weighted by Crippen LogP contribution is 2.14. The Kier molecular flexibility index (Phi) is 6.41. The molecule has 0 aliphatic carbocycles. The van der Waals surface area contributed by atoms with E-state index in [0.29, 0.717) is 13.2 Å². The van der Waals surface area contributed by atoms with Gasteiger partial charge in [0, 0.05) is 6.61 Å². The van der Waals surface area contributed by atoms with Crippen LogP contribution in [0.25, 0.3) is 0 Å². The maximum absolute atomic E-state index is 5.69. The summed E-state index contributed by atoms with van der Waals surface area (Å²) in [7, 11) is 0. The Morgan fingerprint density at radius 1 is 1.32 bits per heavy atom. The molecule has 0 saturated carbocycles. The summed E-state index contributed by atoms with van der Waals surface area (Å²) in [4.78, 5) is 0. The van der Waals surface area contributed by atoms with Crippen molar-refractivity contribution in [2.45, 2.75) is 51.9 Å². The zero-order valence-electron chi connectivity index (χ0n) is 11.8. The van der Waals surface area contributed by atoms with Gasteiger partial charge in [-0.25, -0.2) is 0 Å². The van der Waals surface area contributed by atoms with Gasteiger partial charge in [0.25, 0.3) is 0 Å². The molecule has 1 saturated heterocycles. The molecule has 4 heteroatoms. The molecule has 0 radical (unpaired) electrons. The van der Waals surface area contributed by atoms with Crippen molar-refractivity contribution < 1.29 is 13.9 Å². The SMILES string of the molecule is CCCNCc1ccc(COCC2CCCCO2)o1. The van der Waals surface area contributed by atoms with Crippen LogP contribution in [0.2, 0.25) is 0 Å². The first-order valence-electron chi connectivity index (χ1n) is 7.36. The van der Waals surface area contributed by atoms with Gasteiger partial charge in [-0.1, -0.05) is 6.92 Å². The first-order valence-corrected chi connectivity index (χ1v) is 7.36. The summed E-state index contributed by atoms with van der Waals surface area (Å²) in [5.41, 5.74) is 0. The van der Waals surface area contributed by atoms with Gasteiger partial charge in [-0.05, 0) is 44.4 Å². The molecule has 2 heterocycles. The van der Waals surface area contributed by atoms with Gasteiger partial charge in [-0.15, -0.1) is 0 Å². The second-order valence-corrected chi connectivity index (χ2v) is 5.05. The summed E-state index contributed by atoms with van der Waals surface area (Å²) < 4.78 is 17.0. The Morgan fingerprint density at radius 2 is 2.21 bits per heavy atom. The molecule has 0 bridgehead atoms. The zero-order valence-corrected chi connectivity index (χ0v) is 11.8. The van der Waals surface area contributed by atoms with Gasteiger partial charge in [-0.2, -0.15) is 0 Å². The predicted molar refractivity (Wildman–Crippen MR) is 74.0 cm³/mol. The summed E-state index contributed by atoms with van der Waals surface area (Å²) in [5, 5.41) is 3.32. The summed E-state index contributed by atoms with van der Waals surface area (Å²) in [6.45, 7) is 6.05. The highest BCUT2D eigenvalue weighted by Gasteiger charge is 2.14. The minimum atomic E-state index is 0.273. The average molecular weight is 267 g/mol. The fourth-order valence-corrected chi connectivity index (χ4v) is 2.21. The maximum Gasteiger partial charge on any atom is 0.129 e. The molecular weight excluding hydrogens is 242 g/mol. The Morgan fingerprint density at radius 3 is 3.00 bits per heavy atom. The van der Waals surface area contributed by atoms with Crippen molar-refractivity contribution in [2.75, 3.05) is 19.8 Å². The Balaban J connectivity index is 1.62. The topological polar surface area (TPSA) is 43.6 Å². The molecule has 1 aliphatic rings. The number of furan rings is 1. The van der Waals surface area contributed by atoms with Crippen LogP contribution < -0.4 is 5.32 Å². The molecule has 1 aliphatic heterocycles. The Hall–Kier alpha value is -0.840. The average Bonchev–Trinajstić information content (AvgIpc) is 2.88. The van der Waals surface area contributed by atoms with E-state index in [0.717, 1.165) is 44.1 Å². The van der Waals surface area contributed by atoms with Crippen LogP contribution in [0.1, 0.15) is 44.1 Å². The van der Waals surface area contributed by atoms with Crippen molar-refractivity contribution in [3.63, 3.8) is 0 Å².